The molecule has 6 nitrogen and oxygen atoms in total. The van der Waals surface area contributed by atoms with Gasteiger partial charge in [0.2, 0.25) is 5.91 Å². The Balaban J connectivity index is 2.25. The van der Waals surface area contributed by atoms with Crippen molar-refractivity contribution in [3.8, 4) is 0 Å². The molecule has 2 N–H and O–H groups in total. The van der Waals surface area contributed by atoms with Gasteiger partial charge in [-0.3, -0.25) is 4.79 Å². The summed E-state index contributed by atoms with van der Waals surface area (Å²) in [7, 11) is 1.60. The number of anilines is 1. The van der Waals surface area contributed by atoms with Crippen molar-refractivity contribution in [1.29, 1.82) is 0 Å². The Morgan fingerprint density at radius 1 is 1.56 bits per heavy atom. The number of carboxylic acids is 1. The van der Waals surface area contributed by atoms with E-state index in [4.69, 9.17) is 5.11 Å². The molecule has 1 amide bonds. The lowest BCUT2D eigenvalue weighted by Crippen LogP contribution is -2.41. The van der Waals surface area contributed by atoms with Gasteiger partial charge in [0, 0.05) is 7.05 Å². The standard InChI is InChI=1S/C11H15N3O3S/c1-6-8(11(16)17)10(18-13-6)14(2)9(15)7-4-3-5-12-7/h7,12H,3-5H2,1-2H3,(H,16,17)/t7-/m1/s1. The Morgan fingerprint density at radius 2 is 2.28 bits per heavy atom. The highest BCUT2D eigenvalue weighted by atomic mass is 32.1. The first kappa shape index (κ1) is 13.0. The summed E-state index contributed by atoms with van der Waals surface area (Å²) in [5.41, 5.74) is 0.565. The van der Waals surface area contributed by atoms with E-state index in [1.807, 2.05) is 0 Å². The molecule has 1 fully saturated rings. The number of likely N-dealkylation sites (N-methyl/N-ethyl adjacent to an activating group) is 1. The average molecular weight is 269 g/mol. The molecule has 98 valence electrons. The fourth-order valence-electron chi connectivity index (χ4n) is 2.06. The summed E-state index contributed by atoms with van der Waals surface area (Å²) in [5, 5.41) is 12.7. The maximum atomic E-state index is 12.2. The van der Waals surface area contributed by atoms with Crippen molar-refractivity contribution in [3.05, 3.63) is 11.3 Å². The maximum absolute atomic E-state index is 12.2. The van der Waals surface area contributed by atoms with Crippen LogP contribution in [0.2, 0.25) is 0 Å². The van der Waals surface area contributed by atoms with Gasteiger partial charge in [-0.15, -0.1) is 0 Å². The van der Waals surface area contributed by atoms with Gasteiger partial charge in [0.05, 0.1) is 11.7 Å². The summed E-state index contributed by atoms with van der Waals surface area (Å²) in [6.45, 7) is 2.47. The van der Waals surface area contributed by atoms with Crippen LogP contribution in [0.25, 0.3) is 0 Å². The van der Waals surface area contributed by atoms with E-state index in [-0.39, 0.29) is 17.5 Å². The van der Waals surface area contributed by atoms with Gasteiger partial charge in [-0.1, -0.05) is 0 Å². The molecule has 1 saturated heterocycles. The van der Waals surface area contributed by atoms with Crippen LogP contribution in [0.15, 0.2) is 0 Å². The van der Waals surface area contributed by atoms with Crippen LogP contribution in [0.5, 0.6) is 0 Å². The van der Waals surface area contributed by atoms with E-state index in [0.29, 0.717) is 10.7 Å². The molecule has 1 aliphatic rings. The SMILES string of the molecule is Cc1nsc(N(C)C(=O)[C@H]2CCCN2)c1C(=O)O. The second kappa shape index (κ2) is 5.03. The molecule has 0 saturated carbocycles. The molecule has 1 atom stereocenters. The number of carbonyl (C=O) groups is 2. The van der Waals surface area contributed by atoms with Crippen molar-refractivity contribution in [1.82, 2.24) is 9.69 Å². The quantitative estimate of drug-likeness (QED) is 0.850. The van der Waals surface area contributed by atoms with Crippen LogP contribution in [0.4, 0.5) is 5.00 Å². The monoisotopic (exact) mass is 269 g/mol. The van der Waals surface area contributed by atoms with E-state index in [1.54, 1.807) is 14.0 Å². The minimum Gasteiger partial charge on any atom is -0.478 e. The molecule has 1 aliphatic heterocycles. The van der Waals surface area contributed by atoms with Crippen LogP contribution < -0.4 is 10.2 Å². The molecule has 18 heavy (non-hydrogen) atoms. The number of hydrogen-bond acceptors (Lipinski definition) is 5. The van der Waals surface area contributed by atoms with E-state index in [2.05, 4.69) is 9.69 Å². The zero-order valence-corrected chi connectivity index (χ0v) is 11.1. The molecule has 0 aliphatic carbocycles. The number of aromatic nitrogens is 1. The van der Waals surface area contributed by atoms with Crippen LogP contribution in [-0.2, 0) is 4.79 Å². The van der Waals surface area contributed by atoms with E-state index in [1.165, 1.54) is 4.90 Å². The topological polar surface area (TPSA) is 82.5 Å². The first-order valence-corrected chi connectivity index (χ1v) is 6.50. The van der Waals surface area contributed by atoms with Crippen molar-refractivity contribution < 1.29 is 14.7 Å². The van der Waals surface area contributed by atoms with Crippen molar-refractivity contribution >= 4 is 28.4 Å². The lowest BCUT2D eigenvalue weighted by molar-refractivity contribution is -0.119. The van der Waals surface area contributed by atoms with Crippen molar-refractivity contribution in [2.24, 2.45) is 0 Å². The number of aromatic carboxylic acids is 1. The molecular formula is C11H15N3O3S. The van der Waals surface area contributed by atoms with Crippen LogP contribution in [0.3, 0.4) is 0 Å². The number of nitrogens with one attached hydrogen (secondary N) is 1. The number of carboxylic acid groups (broad SMARTS) is 1. The molecule has 7 heteroatoms. The number of aryl methyl sites for hydroxylation is 1. The zero-order chi connectivity index (χ0) is 13.3. The van der Waals surface area contributed by atoms with Gasteiger partial charge >= 0.3 is 5.97 Å². The lowest BCUT2D eigenvalue weighted by Gasteiger charge is -2.19. The van der Waals surface area contributed by atoms with E-state index in [9.17, 15) is 9.59 Å². The summed E-state index contributed by atoms with van der Waals surface area (Å²) >= 11 is 1.05. The van der Waals surface area contributed by atoms with Gasteiger partial charge in [-0.05, 0) is 37.8 Å². The second-order valence-electron chi connectivity index (χ2n) is 4.30. The highest BCUT2D eigenvalue weighted by Crippen LogP contribution is 2.28. The van der Waals surface area contributed by atoms with Gasteiger partial charge in [-0.25, -0.2) is 4.79 Å². The van der Waals surface area contributed by atoms with Gasteiger partial charge < -0.3 is 15.3 Å². The summed E-state index contributed by atoms with van der Waals surface area (Å²) in [6.07, 6.45) is 1.76. The number of carbonyl (C=O) groups excluding carboxylic acids is 1. The summed E-state index contributed by atoms with van der Waals surface area (Å²) in [5.74, 6) is -1.14. The Kier molecular flexibility index (Phi) is 3.63. The molecule has 0 aromatic carbocycles. The molecule has 0 spiro atoms. The van der Waals surface area contributed by atoms with Crippen molar-refractivity contribution in [3.63, 3.8) is 0 Å². The normalized spacial score (nSPS) is 18.9. The van der Waals surface area contributed by atoms with Crippen LogP contribution in [0, 0.1) is 6.92 Å². The van der Waals surface area contributed by atoms with Crippen molar-refractivity contribution in [2.75, 3.05) is 18.5 Å². The third-order valence-electron chi connectivity index (χ3n) is 3.05. The summed E-state index contributed by atoms with van der Waals surface area (Å²) < 4.78 is 4.01. The maximum Gasteiger partial charge on any atom is 0.340 e. The molecule has 0 bridgehead atoms. The third-order valence-corrected chi connectivity index (χ3v) is 4.07. The zero-order valence-electron chi connectivity index (χ0n) is 10.3. The Bertz CT molecular complexity index is 480. The highest BCUT2D eigenvalue weighted by Gasteiger charge is 2.29. The number of amides is 1. The Morgan fingerprint density at radius 3 is 2.83 bits per heavy atom. The molecule has 2 rings (SSSR count). The van der Waals surface area contributed by atoms with Gasteiger partial charge in [-0.2, -0.15) is 4.37 Å². The lowest BCUT2D eigenvalue weighted by atomic mass is 10.2. The molecule has 0 unspecified atom stereocenters. The van der Waals surface area contributed by atoms with Gasteiger partial charge in [0.1, 0.15) is 10.6 Å². The fourth-order valence-corrected chi connectivity index (χ4v) is 2.92. The molecule has 1 aromatic rings. The number of nitrogens with zero attached hydrogens (tertiary/aromatic N) is 2. The molecule has 0 radical (unpaired) electrons. The minimum absolute atomic E-state index is 0.0985. The Labute approximate surface area is 109 Å². The third kappa shape index (κ3) is 2.23. The first-order valence-electron chi connectivity index (χ1n) is 5.73. The van der Waals surface area contributed by atoms with E-state index in [0.717, 1.165) is 30.9 Å². The number of rotatable bonds is 3. The first-order chi connectivity index (χ1) is 8.52. The van der Waals surface area contributed by atoms with Gasteiger partial charge in [0.25, 0.3) is 0 Å². The Hall–Kier alpha value is -1.47. The molecule has 2 heterocycles. The summed E-state index contributed by atoms with van der Waals surface area (Å²) in [4.78, 5) is 24.7. The van der Waals surface area contributed by atoms with E-state index < -0.39 is 5.97 Å². The predicted molar refractivity (Wildman–Crippen MR) is 68.2 cm³/mol. The smallest absolute Gasteiger partial charge is 0.340 e. The van der Waals surface area contributed by atoms with Gasteiger partial charge in [0.15, 0.2) is 0 Å². The van der Waals surface area contributed by atoms with Crippen LogP contribution in [0.1, 0.15) is 28.9 Å². The second-order valence-corrected chi connectivity index (χ2v) is 5.05. The fraction of sp³-hybridized carbons (Fsp3) is 0.545. The van der Waals surface area contributed by atoms with Crippen LogP contribution >= 0.6 is 11.5 Å². The molecule has 1 aromatic heterocycles. The average Bonchev–Trinajstić information content (AvgIpc) is 2.95. The highest BCUT2D eigenvalue weighted by molar-refractivity contribution is 7.11. The predicted octanol–water partition coefficient (Wildman–Crippen LogP) is 0.865. The van der Waals surface area contributed by atoms with Crippen LogP contribution in [-0.4, -0.2) is 41.0 Å². The van der Waals surface area contributed by atoms with E-state index >= 15 is 0 Å². The molecular weight excluding hydrogens is 254 g/mol. The summed E-state index contributed by atoms with van der Waals surface area (Å²) in [6, 6.07) is -0.209. The largest absolute Gasteiger partial charge is 0.478 e. The number of hydrogen-bond donors (Lipinski definition) is 2. The minimum atomic E-state index is -1.05. The van der Waals surface area contributed by atoms with Crippen molar-refractivity contribution in [2.45, 2.75) is 25.8 Å².